The molecule has 0 spiro atoms. The number of fused-ring (bicyclic) bond motifs is 1. The third-order valence-electron chi connectivity index (χ3n) is 4.86. The molecular formula is C21H21NO3S2. The Morgan fingerprint density at radius 1 is 0.963 bits per heavy atom. The minimum atomic E-state index is -3.61. The second-order valence-electron chi connectivity index (χ2n) is 6.75. The number of ether oxygens (including phenoxy) is 1. The van der Waals surface area contributed by atoms with Gasteiger partial charge in [0, 0.05) is 11.8 Å². The monoisotopic (exact) mass is 399 g/mol. The highest BCUT2D eigenvalue weighted by Gasteiger charge is 2.39. The first-order valence-corrected chi connectivity index (χ1v) is 10.9. The summed E-state index contributed by atoms with van der Waals surface area (Å²) in [6.07, 6.45) is 0.669. The van der Waals surface area contributed by atoms with Crippen molar-refractivity contribution >= 4 is 33.4 Å². The minimum absolute atomic E-state index is 0.00426. The van der Waals surface area contributed by atoms with Crippen LogP contribution in [-0.2, 0) is 10.0 Å². The molecule has 4 rings (SSSR count). The van der Waals surface area contributed by atoms with Crippen molar-refractivity contribution in [2.75, 3.05) is 13.2 Å². The van der Waals surface area contributed by atoms with Crippen molar-refractivity contribution in [3.8, 4) is 5.75 Å². The molecule has 6 heteroatoms. The van der Waals surface area contributed by atoms with Gasteiger partial charge in [0.1, 0.15) is 12.4 Å². The lowest BCUT2D eigenvalue weighted by atomic mass is 10.1. The van der Waals surface area contributed by atoms with E-state index >= 15 is 0 Å². The Morgan fingerprint density at radius 2 is 1.67 bits per heavy atom. The van der Waals surface area contributed by atoms with Gasteiger partial charge in [0.15, 0.2) is 0 Å². The topological polar surface area (TPSA) is 46.6 Å². The van der Waals surface area contributed by atoms with Crippen LogP contribution in [0.5, 0.6) is 5.75 Å². The van der Waals surface area contributed by atoms with Crippen LogP contribution in [0.3, 0.4) is 0 Å². The van der Waals surface area contributed by atoms with Gasteiger partial charge in [0.05, 0.1) is 10.9 Å². The van der Waals surface area contributed by atoms with Crippen molar-refractivity contribution in [1.82, 2.24) is 4.31 Å². The van der Waals surface area contributed by atoms with Crippen molar-refractivity contribution in [1.29, 1.82) is 0 Å². The summed E-state index contributed by atoms with van der Waals surface area (Å²) in [5, 5.41) is 1.94. The van der Waals surface area contributed by atoms with E-state index in [2.05, 4.69) is 12.6 Å². The molecule has 1 aliphatic rings. The third-order valence-corrected chi connectivity index (χ3v) is 7.14. The SMILES string of the molecule is O=S(=O)(c1ccc2ccccc2c1)N1C[C@H](S)C[C@H]1COc1ccccc1. The smallest absolute Gasteiger partial charge is 0.243 e. The first-order valence-electron chi connectivity index (χ1n) is 8.90. The van der Waals surface area contributed by atoms with E-state index in [1.165, 1.54) is 4.31 Å². The van der Waals surface area contributed by atoms with Gasteiger partial charge in [0.2, 0.25) is 10.0 Å². The molecule has 0 radical (unpaired) electrons. The zero-order valence-electron chi connectivity index (χ0n) is 14.7. The van der Waals surface area contributed by atoms with Gasteiger partial charge in [-0.25, -0.2) is 8.42 Å². The van der Waals surface area contributed by atoms with Crippen LogP contribution in [0, 0.1) is 0 Å². The number of rotatable bonds is 5. The number of hydrogen-bond donors (Lipinski definition) is 1. The summed E-state index contributed by atoms with van der Waals surface area (Å²) >= 11 is 4.53. The lowest BCUT2D eigenvalue weighted by molar-refractivity contribution is 0.232. The Kier molecular flexibility index (Phi) is 5.12. The van der Waals surface area contributed by atoms with Crippen molar-refractivity contribution in [3.05, 3.63) is 72.8 Å². The fourth-order valence-electron chi connectivity index (χ4n) is 3.48. The summed E-state index contributed by atoms with van der Waals surface area (Å²) in [4.78, 5) is 0.313. The zero-order valence-corrected chi connectivity index (χ0v) is 16.4. The predicted octanol–water partition coefficient (Wildman–Crippen LogP) is 3.98. The molecule has 27 heavy (non-hydrogen) atoms. The van der Waals surface area contributed by atoms with Gasteiger partial charge in [-0.15, -0.1) is 0 Å². The van der Waals surface area contributed by atoms with E-state index in [1.54, 1.807) is 12.1 Å². The van der Waals surface area contributed by atoms with E-state index in [-0.39, 0.29) is 11.3 Å². The largest absolute Gasteiger partial charge is 0.492 e. The van der Waals surface area contributed by atoms with Crippen LogP contribution in [-0.4, -0.2) is 37.2 Å². The average Bonchev–Trinajstić information content (AvgIpc) is 3.08. The molecule has 4 nitrogen and oxygen atoms in total. The molecule has 1 saturated heterocycles. The van der Waals surface area contributed by atoms with E-state index in [0.717, 1.165) is 16.5 Å². The van der Waals surface area contributed by atoms with Gasteiger partial charge in [-0.05, 0) is 41.5 Å². The van der Waals surface area contributed by atoms with Crippen LogP contribution in [0.25, 0.3) is 10.8 Å². The van der Waals surface area contributed by atoms with E-state index < -0.39 is 10.0 Å². The Labute approximate surface area is 165 Å². The van der Waals surface area contributed by atoms with Gasteiger partial charge in [-0.3, -0.25) is 0 Å². The van der Waals surface area contributed by atoms with E-state index in [9.17, 15) is 8.42 Å². The Hall–Kier alpha value is -2.02. The number of benzene rings is 3. The highest BCUT2D eigenvalue weighted by molar-refractivity contribution is 7.89. The maximum Gasteiger partial charge on any atom is 0.243 e. The molecule has 1 aliphatic heterocycles. The van der Waals surface area contributed by atoms with Gasteiger partial charge in [-0.2, -0.15) is 16.9 Å². The predicted molar refractivity (Wildman–Crippen MR) is 111 cm³/mol. The van der Waals surface area contributed by atoms with Crippen molar-refractivity contribution in [3.63, 3.8) is 0 Å². The van der Waals surface area contributed by atoms with Crippen LogP contribution < -0.4 is 4.74 Å². The first kappa shape index (κ1) is 18.3. The van der Waals surface area contributed by atoms with Crippen molar-refractivity contribution in [2.24, 2.45) is 0 Å². The maximum atomic E-state index is 13.3. The maximum absolute atomic E-state index is 13.3. The summed E-state index contributed by atoms with van der Waals surface area (Å²) in [7, 11) is -3.61. The molecule has 3 aromatic rings. The number of sulfonamides is 1. The lowest BCUT2D eigenvalue weighted by Gasteiger charge is -2.24. The molecule has 140 valence electrons. The van der Waals surface area contributed by atoms with E-state index in [0.29, 0.717) is 24.5 Å². The number of para-hydroxylation sites is 1. The van der Waals surface area contributed by atoms with Crippen molar-refractivity contribution in [2.45, 2.75) is 22.6 Å². The van der Waals surface area contributed by atoms with Crippen LogP contribution in [0.4, 0.5) is 0 Å². The van der Waals surface area contributed by atoms with Gasteiger partial charge >= 0.3 is 0 Å². The number of nitrogens with zero attached hydrogens (tertiary/aromatic N) is 1. The number of thiol groups is 1. The molecule has 1 heterocycles. The van der Waals surface area contributed by atoms with E-state index in [4.69, 9.17) is 4.74 Å². The second kappa shape index (κ2) is 7.54. The summed E-state index contributed by atoms with van der Waals surface area (Å²) < 4.78 is 33.9. The summed E-state index contributed by atoms with van der Waals surface area (Å²) in [6.45, 7) is 0.703. The van der Waals surface area contributed by atoms with Gasteiger partial charge in [0.25, 0.3) is 0 Å². The molecule has 1 fully saturated rings. The molecule has 2 atom stereocenters. The van der Waals surface area contributed by atoms with Gasteiger partial charge < -0.3 is 4.74 Å². The molecule has 0 unspecified atom stereocenters. The molecule has 0 N–H and O–H groups in total. The fraction of sp³-hybridized carbons (Fsp3) is 0.238. The van der Waals surface area contributed by atoms with Gasteiger partial charge in [-0.1, -0.05) is 48.5 Å². The molecule has 0 aromatic heterocycles. The normalized spacial score (nSPS) is 20.8. The Morgan fingerprint density at radius 3 is 2.44 bits per heavy atom. The van der Waals surface area contributed by atoms with Crippen LogP contribution in [0.1, 0.15) is 6.42 Å². The van der Waals surface area contributed by atoms with Crippen LogP contribution >= 0.6 is 12.6 Å². The van der Waals surface area contributed by atoms with Crippen LogP contribution in [0.15, 0.2) is 77.7 Å². The summed E-state index contributed by atoms with van der Waals surface area (Å²) in [6, 6.07) is 22.3. The standard InChI is InChI=1S/C21H21NO3S2/c23-27(24,21-11-10-16-6-4-5-7-17(16)12-21)22-14-20(26)13-18(22)15-25-19-8-2-1-3-9-19/h1-12,18,20,26H,13-15H2/t18-,20+/m0/s1. The molecule has 0 amide bonds. The molecule has 0 aliphatic carbocycles. The number of hydrogen-bond acceptors (Lipinski definition) is 4. The average molecular weight is 400 g/mol. The molecular weight excluding hydrogens is 378 g/mol. The van der Waals surface area contributed by atoms with Crippen LogP contribution in [0.2, 0.25) is 0 Å². The lowest BCUT2D eigenvalue weighted by Crippen LogP contribution is -2.39. The second-order valence-corrected chi connectivity index (χ2v) is 9.37. The molecule has 3 aromatic carbocycles. The zero-order chi connectivity index (χ0) is 18.9. The summed E-state index contributed by atoms with van der Waals surface area (Å²) in [5.74, 6) is 0.739. The quantitative estimate of drug-likeness (QED) is 0.660. The molecule has 0 bridgehead atoms. The minimum Gasteiger partial charge on any atom is -0.492 e. The fourth-order valence-corrected chi connectivity index (χ4v) is 5.71. The highest BCUT2D eigenvalue weighted by atomic mass is 32.2. The van der Waals surface area contributed by atoms with Crippen molar-refractivity contribution < 1.29 is 13.2 Å². The Bertz CT molecular complexity index is 1040. The Balaban J connectivity index is 1.59. The first-order chi connectivity index (χ1) is 13.0. The highest BCUT2D eigenvalue weighted by Crippen LogP contribution is 2.30. The van der Waals surface area contributed by atoms with E-state index in [1.807, 2.05) is 60.7 Å². The third kappa shape index (κ3) is 3.83. The molecule has 0 saturated carbocycles. The summed E-state index contributed by atoms with van der Waals surface area (Å²) in [5.41, 5.74) is 0.